The first-order valence-corrected chi connectivity index (χ1v) is 12.1. The van der Waals surface area contributed by atoms with E-state index in [2.05, 4.69) is 20.3 Å². The number of piperazine rings is 1. The Hall–Kier alpha value is -2.58. The molecule has 3 rings (SSSR count). The van der Waals surface area contributed by atoms with Crippen molar-refractivity contribution < 1.29 is 13.2 Å². The van der Waals surface area contributed by atoms with Gasteiger partial charge in [0, 0.05) is 38.3 Å². The maximum atomic E-state index is 13.2. The molecule has 1 aliphatic heterocycles. The summed E-state index contributed by atoms with van der Waals surface area (Å²) in [7, 11) is -3.81. The minimum atomic E-state index is -3.81. The van der Waals surface area contributed by atoms with Crippen molar-refractivity contribution >= 4 is 27.3 Å². The van der Waals surface area contributed by atoms with Crippen molar-refractivity contribution in [1.82, 2.24) is 10.6 Å². The van der Waals surface area contributed by atoms with Crippen LogP contribution in [-0.2, 0) is 10.0 Å². The molecule has 0 radical (unpaired) electrons. The molecule has 1 aliphatic rings. The number of carbonyl (C=O) groups excluding carboxylic acids is 1. The van der Waals surface area contributed by atoms with Crippen LogP contribution in [0.4, 0.5) is 11.4 Å². The molecule has 0 saturated carbocycles. The summed E-state index contributed by atoms with van der Waals surface area (Å²) in [6.07, 6.45) is 0. The van der Waals surface area contributed by atoms with Crippen LogP contribution < -0.4 is 20.3 Å². The number of amides is 1. The van der Waals surface area contributed by atoms with Crippen molar-refractivity contribution in [3.05, 3.63) is 53.1 Å². The van der Waals surface area contributed by atoms with Gasteiger partial charge in [0.2, 0.25) is 0 Å². The molecule has 1 saturated heterocycles. The van der Waals surface area contributed by atoms with E-state index in [0.29, 0.717) is 23.7 Å². The fourth-order valence-electron chi connectivity index (χ4n) is 3.42. The predicted octanol–water partition coefficient (Wildman–Crippen LogP) is 2.90. The first-order valence-electron chi connectivity index (χ1n) is 10.7. The molecule has 0 unspecified atom stereocenters. The fourth-order valence-corrected chi connectivity index (χ4v) is 4.57. The van der Waals surface area contributed by atoms with Gasteiger partial charge in [-0.05, 0) is 61.2 Å². The summed E-state index contributed by atoms with van der Waals surface area (Å²) in [6, 6.07) is 10.3. The van der Waals surface area contributed by atoms with Gasteiger partial charge < -0.3 is 15.5 Å². The molecule has 1 heterocycles. The second-order valence-electron chi connectivity index (χ2n) is 8.42. The highest BCUT2D eigenvalue weighted by Crippen LogP contribution is 2.30. The number of nitrogens with one attached hydrogen (secondary N) is 3. The largest absolute Gasteiger partial charge is 0.367 e. The third-order valence-corrected chi connectivity index (χ3v) is 6.78. The number of aryl methyl sites for hydroxylation is 2. The number of hydrogen-bond donors (Lipinski definition) is 3. The number of sulfonamides is 1. The van der Waals surface area contributed by atoms with E-state index < -0.39 is 10.0 Å². The first-order chi connectivity index (χ1) is 14.7. The van der Waals surface area contributed by atoms with Crippen molar-refractivity contribution in [2.24, 2.45) is 5.92 Å². The molecule has 7 nitrogen and oxygen atoms in total. The average molecular weight is 445 g/mol. The third-order valence-electron chi connectivity index (χ3n) is 5.42. The normalized spacial score (nSPS) is 14.5. The molecule has 2 aromatic carbocycles. The van der Waals surface area contributed by atoms with Crippen LogP contribution in [0.5, 0.6) is 0 Å². The zero-order valence-corrected chi connectivity index (χ0v) is 19.5. The predicted molar refractivity (Wildman–Crippen MR) is 125 cm³/mol. The van der Waals surface area contributed by atoms with E-state index in [0.717, 1.165) is 43.0 Å². The van der Waals surface area contributed by atoms with Crippen molar-refractivity contribution in [3.63, 3.8) is 0 Å². The number of anilines is 2. The molecule has 31 heavy (non-hydrogen) atoms. The van der Waals surface area contributed by atoms with Gasteiger partial charge in [-0.1, -0.05) is 19.9 Å². The highest BCUT2D eigenvalue weighted by atomic mass is 32.2. The van der Waals surface area contributed by atoms with Crippen LogP contribution in [0.2, 0.25) is 0 Å². The lowest BCUT2D eigenvalue weighted by Crippen LogP contribution is -2.43. The standard InChI is InChI=1S/C23H32N4O3S/c1-16(2)15-25-23(28)19-6-8-22(27-11-9-24-10-12-27)21(14-19)26-31(29,30)20-7-5-17(3)18(4)13-20/h5-8,13-14,16,24,26H,9-12,15H2,1-4H3,(H,25,28). The summed E-state index contributed by atoms with van der Waals surface area (Å²) in [5, 5.41) is 6.20. The quantitative estimate of drug-likeness (QED) is 0.611. The van der Waals surface area contributed by atoms with Crippen LogP contribution in [0.25, 0.3) is 0 Å². The summed E-state index contributed by atoms with van der Waals surface area (Å²) < 4.78 is 29.0. The van der Waals surface area contributed by atoms with Crippen LogP contribution in [0.3, 0.4) is 0 Å². The molecule has 8 heteroatoms. The third kappa shape index (κ3) is 5.77. The van der Waals surface area contributed by atoms with Gasteiger partial charge >= 0.3 is 0 Å². The number of benzene rings is 2. The monoisotopic (exact) mass is 444 g/mol. The second kappa shape index (κ2) is 9.70. The number of rotatable bonds is 7. The Labute approximate surface area is 185 Å². The van der Waals surface area contributed by atoms with Crippen LogP contribution in [0.15, 0.2) is 41.3 Å². The molecule has 0 bridgehead atoms. The van der Waals surface area contributed by atoms with Crippen LogP contribution in [0.1, 0.15) is 35.3 Å². The topological polar surface area (TPSA) is 90.5 Å². The Morgan fingerprint density at radius 3 is 2.42 bits per heavy atom. The highest BCUT2D eigenvalue weighted by molar-refractivity contribution is 7.92. The summed E-state index contributed by atoms with van der Waals surface area (Å²) in [5.41, 5.74) is 3.56. The summed E-state index contributed by atoms with van der Waals surface area (Å²) in [6.45, 7) is 11.6. The summed E-state index contributed by atoms with van der Waals surface area (Å²) in [5.74, 6) is 0.110. The Morgan fingerprint density at radius 2 is 1.77 bits per heavy atom. The van der Waals surface area contributed by atoms with Gasteiger partial charge in [-0.25, -0.2) is 8.42 Å². The highest BCUT2D eigenvalue weighted by Gasteiger charge is 2.21. The smallest absolute Gasteiger partial charge is 0.261 e. The molecular weight excluding hydrogens is 412 g/mol. The van der Waals surface area contributed by atoms with Gasteiger partial charge in [-0.15, -0.1) is 0 Å². The summed E-state index contributed by atoms with van der Waals surface area (Å²) in [4.78, 5) is 14.9. The lowest BCUT2D eigenvalue weighted by Gasteiger charge is -2.31. The minimum absolute atomic E-state index is 0.205. The van der Waals surface area contributed by atoms with Gasteiger partial charge in [-0.2, -0.15) is 0 Å². The number of hydrogen-bond acceptors (Lipinski definition) is 5. The lowest BCUT2D eigenvalue weighted by atomic mass is 10.1. The Balaban J connectivity index is 1.96. The average Bonchev–Trinajstić information content (AvgIpc) is 2.74. The van der Waals surface area contributed by atoms with E-state index in [1.165, 1.54) is 0 Å². The Kier molecular flexibility index (Phi) is 7.23. The maximum Gasteiger partial charge on any atom is 0.261 e. The molecule has 1 amide bonds. The van der Waals surface area contributed by atoms with E-state index in [1.54, 1.807) is 30.3 Å². The van der Waals surface area contributed by atoms with Crippen molar-refractivity contribution in [2.45, 2.75) is 32.6 Å². The SMILES string of the molecule is Cc1ccc(S(=O)(=O)Nc2cc(C(=O)NCC(C)C)ccc2N2CCNCC2)cc1C. The Morgan fingerprint density at radius 1 is 1.06 bits per heavy atom. The number of nitrogens with zero attached hydrogens (tertiary/aromatic N) is 1. The molecule has 0 aliphatic carbocycles. The molecule has 0 aromatic heterocycles. The molecular formula is C23H32N4O3S. The van der Waals surface area contributed by atoms with Crippen molar-refractivity contribution in [3.8, 4) is 0 Å². The second-order valence-corrected chi connectivity index (χ2v) is 10.1. The van der Waals surface area contributed by atoms with Crippen LogP contribution >= 0.6 is 0 Å². The lowest BCUT2D eigenvalue weighted by molar-refractivity contribution is 0.0949. The molecule has 1 fully saturated rings. The van der Waals surface area contributed by atoms with E-state index in [9.17, 15) is 13.2 Å². The van der Waals surface area contributed by atoms with Crippen LogP contribution in [-0.4, -0.2) is 47.0 Å². The van der Waals surface area contributed by atoms with Crippen molar-refractivity contribution in [1.29, 1.82) is 0 Å². The maximum absolute atomic E-state index is 13.2. The van der Waals surface area contributed by atoms with Crippen molar-refractivity contribution in [2.75, 3.05) is 42.3 Å². The first kappa shape index (κ1) is 23.1. The summed E-state index contributed by atoms with van der Waals surface area (Å²) >= 11 is 0. The van der Waals surface area contributed by atoms with Crippen LogP contribution in [0, 0.1) is 19.8 Å². The van der Waals surface area contributed by atoms with Gasteiger partial charge in [-0.3, -0.25) is 9.52 Å². The minimum Gasteiger partial charge on any atom is -0.367 e. The molecule has 2 aromatic rings. The van der Waals surface area contributed by atoms with Gasteiger partial charge in [0.05, 0.1) is 16.3 Å². The molecule has 168 valence electrons. The van der Waals surface area contributed by atoms with E-state index in [4.69, 9.17) is 0 Å². The van der Waals surface area contributed by atoms with Gasteiger partial charge in [0.15, 0.2) is 0 Å². The fraction of sp³-hybridized carbons (Fsp3) is 0.435. The Bertz CT molecular complexity index is 1040. The molecule has 0 spiro atoms. The van der Waals surface area contributed by atoms with E-state index in [-0.39, 0.29) is 10.8 Å². The number of carbonyl (C=O) groups is 1. The molecule has 3 N–H and O–H groups in total. The zero-order valence-electron chi connectivity index (χ0n) is 18.7. The van der Waals surface area contributed by atoms with E-state index >= 15 is 0 Å². The van der Waals surface area contributed by atoms with E-state index in [1.807, 2.05) is 33.8 Å². The zero-order chi connectivity index (χ0) is 22.6. The molecule has 0 atom stereocenters. The van der Waals surface area contributed by atoms with Gasteiger partial charge in [0.1, 0.15) is 0 Å². The van der Waals surface area contributed by atoms with Gasteiger partial charge in [0.25, 0.3) is 15.9 Å².